The zero-order valence-corrected chi connectivity index (χ0v) is 14.1. The van der Waals surface area contributed by atoms with Gasteiger partial charge in [-0.3, -0.25) is 4.79 Å². The molecule has 0 aliphatic carbocycles. The fraction of sp³-hybridized carbons (Fsp3) is 0.632. The van der Waals surface area contributed by atoms with Gasteiger partial charge in [-0.25, -0.2) is 4.39 Å². The molecule has 0 atom stereocenters. The maximum atomic E-state index is 14.1. The Bertz CT molecular complexity index is 551. The quantitative estimate of drug-likeness (QED) is 0.900. The summed E-state index contributed by atoms with van der Waals surface area (Å²) in [6.07, 6.45) is 3.69. The second-order valence-electron chi connectivity index (χ2n) is 6.93. The summed E-state index contributed by atoms with van der Waals surface area (Å²) in [5.74, 6) is 0.286. The predicted molar refractivity (Wildman–Crippen MR) is 89.1 cm³/mol. The third-order valence-electron chi connectivity index (χ3n) is 5.31. The highest BCUT2D eigenvalue weighted by molar-refractivity contribution is 5.83. The molecule has 0 radical (unpaired) electrons. The van der Waals surface area contributed by atoms with E-state index in [1.807, 2.05) is 6.07 Å². The van der Waals surface area contributed by atoms with Gasteiger partial charge in [0.1, 0.15) is 5.82 Å². The largest absolute Gasteiger partial charge is 0.381 e. The number of carbonyl (C=O) groups is 1. The summed E-state index contributed by atoms with van der Waals surface area (Å²) in [4.78, 5) is 13.0. The Morgan fingerprint density at radius 1 is 1.12 bits per heavy atom. The Morgan fingerprint density at radius 3 is 2.50 bits per heavy atom. The van der Waals surface area contributed by atoms with Crippen LogP contribution in [0, 0.1) is 17.2 Å². The molecule has 2 saturated heterocycles. The van der Waals surface area contributed by atoms with Crippen molar-refractivity contribution in [3.05, 3.63) is 35.6 Å². The first kappa shape index (κ1) is 17.4. The number of rotatable bonds is 5. The Labute approximate surface area is 142 Å². The van der Waals surface area contributed by atoms with Gasteiger partial charge >= 0.3 is 0 Å². The Hall–Kier alpha value is -1.46. The van der Waals surface area contributed by atoms with E-state index < -0.39 is 5.41 Å². The number of ether oxygens (including phenoxy) is 2. The van der Waals surface area contributed by atoms with Crippen LogP contribution in [0.2, 0.25) is 0 Å². The van der Waals surface area contributed by atoms with E-state index in [-0.39, 0.29) is 11.7 Å². The van der Waals surface area contributed by atoms with Crippen LogP contribution in [-0.4, -0.2) is 38.9 Å². The summed E-state index contributed by atoms with van der Waals surface area (Å²) in [6, 6.07) is 6.74. The predicted octanol–water partition coefficient (Wildman–Crippen LogP) is 2.71. The molecule has 2 fully saturated rings. The van der Waals surface area contributed by atoms with Gasteiger partial charge in [-0.15, -0.1) is 0 Å². The van der Waals surface area contributed by atoms with Crippen LogP contribution in [0.1, 0.15) is 31.2 Å². The fourth-order valence-corrected chi connectivity index (χ4v) is 3.63. The first-order chi connectivity index (χ1) is 11.7. The smallest absolute Gasteiger partial charge is 0.226 e. The zero-order valence-electron chi connectivity index (χ0n) is 14.1. The van der Waals surface area contributed by atoms with Gasteiger partial charge in [0.05, 0.1) is 5.41 Å². The molecule has 1 N–H and O–H groups in total. The Morgan fingerprint density at radius 2 is 1.79 bits per heavy atom. The molecular weight excluding hydrogens is 309 g/mol. The number of carbonyl (C=O) groups excluding carboxylic acids is 1. The third kappa shape index (κ3) is 4.14. The average molecular weight is 335 g/mol. The molecule has 2 aliphatic heterocycles. The summed E-state index contributed by atoms with van der Waals surface area (Å²) in [6.45, 7) is 3.34. The van der Waals surface area contributed by atoms with E-state index in [1.165, 1.54) is 6.07 Å². The van der Waals surface area contributed by atoms with E-state index in [9.17, 15) is 9.18 Å². The lowest BCUT2D eigenvalue weighted by Gasteiger charge is -2.36. The second-order valence-corrected chi connectivity index (χ2v) is 6.93. The molecule has 0 unspecified atom stereocenters. The van der Waals surface area contributed by atoms with Crippen LogP contribution in [-0.2, 0) is 20.7 Å². The number of halogens is 1. The molecule has 3 rings (SSSR count). The summed E-state index contributed by atoms with van der Waals surface area (Å²) in [7, 11) is 0. The maximum absolute atomic E-state index is 14.1. The number of nitrogens with one attached hydrogen (secondary N) is 1. The van der Waals surface area contributed by atoms with Crippen molar-refractivity contribution < 1.29 is 18.7 Å². The van der Waals surface area contributed by atoms with Gasteiger partial charge in [0.25, 0.3) is 0 Å². The van der Waals surface area contributed by atoms with Crippen LogP contribution < -0.4 is 5.32 Å². The van der Waals surface area contributed by atoms with Gasteiger partial charge in [-0.05, 0) is 49.7 Å². The molecule has 0 aromatic heterocycles. The number of benzene rings is 1. The van der Waals surface area contributed by atoms with Crippen LogP contribution in [0.25, 0.3) is 0 Å². The van der Waals surface area contributed by atoms with Crippen molar-refractivity contribution in [3.8, 4) is 0 Å². The van der Waals surface area contributed by atoms with E-state index in [0.717, 1.165) is 26.1 Å². The van der Waals surface area contributed by atoms with Gasteiger partial charge in [0.15, 0.2) is 0 Å². The third-order valence-corrected chi connectivity index (χ3v) is 5.31. The summed E-state index contributed by atoms with van der Waals surface area (Å²) >= 11 is 0. The Kier molecular flexibility index (Phi) is 5.85. The normalized spacial score (nSPS) is 21.4. The standard InChI is InChI=1S/C19H26FNO3/c20-17-4-2-1-3-16(17)13-19(7-11-24-12-8-19)18(22)21-14-15-5-9-23-10-6-15/h1-4,15H,5-14H2,(H,21,22). The molecule has 1 amide bonds. The van der Waals surface area contributed by atoms with Crippen molar-refractivity contribution in [2.24, 2.45) is 11.3 Å². The van der Waals surface area contributed by atoms with E-state index in [4.69, 9.17) is 9.47 Å². The van der Waals surface area contributed by atoms with Gasteiger partial charge in [0.2, 0.25) is 5.91 Å². The maximum Gasteiger partial charge on any atom is 0.226 e. The average Bonchev–Trinajstić information content (AvgIpc) is 2.63. The minimum atomic E-state index is -0.564. The summed E-state index contributed by atoms with van der Waals surface area (Å²) in [5, 5.41) is 3.13. The highest BCUT2D eigenvalue weighted by Crippen LogP contribution is 2.35. The molecule has 4 nitrogen and oxygen atoms in total. The number of hydrogen-bond acceptors (Lipinski definition) is 3. The van der Waals surface area contributed by atoms with E-state index in [1.54, 1.807) is 12.1 Å². The van der Waals surface area contributed by atoms with Crippen molar-refractivity contribution in [3.63, 3.8) is 0 Å². The summed E-state index contributed by atoms with van der Waals surface area (Å²) in [5.41, 5.74) is 0.0478. The first-order valence-corrected chi connectivity index (χ1v) is 8.87. The van der Waals surface area contributed by atoms with Crippen LogP contribution in [0.5, 0.6) is 0 Å². The topological polar surface area (TPSA) is 47.6 Å². The van der Waals surface area contributed by atoms with Crippen LogP contribution >= 0.6 is 0 Å². The molecule has 0 saturated carbocycles. The van der Waals surface area contributed by atoms with Gasteiger partial charge in [-0.1, -0.05) is 18.2 Å². The molecule has 2 heterocycles. The number of amides is 1. The molecule has 24 heavy (non-hydrogen) atoms. The minimum Gasteiger partial charge on any atom is -0.381 e. The van der Waals surface area contributed by atoms with Crippen molar-refractivity contribution in [2.75, 3.05) is 33.0 Å². The molecule has 0 bridgehead atoms. The molecule has 1 aromatic carbocycles. The molecule has 0 spiro atoms. The Balaban J connectivity index is 1.67. The second kappa shape index (κ2) is 8.08. The lowest BCUT2D eigenvalue weighted by molar-refractivity contribution is -0.137. The lowest BCUT2D eigenvalue weighted by Crippen LogP contribution is -2.47. The van der Waals surface area contributed by atoms with Crippen molar-refractivity contribution >= 4 is 5.91 Å². The molecule has 5 heteroatoms. The van der Waals surface area contributed by atoms with Crippen LogP contribution in [0.3, 0.4) is 0 Å². The monoisotopic (exact) mass is 335 g/mol. The van der Waals surface area contributed by atoms with Crippen molar-refractivity contribution in [1.82, 2.24) is 5.32 Å². The highest BCUT2D eigenvalue weighted by atomic mass is 19.1. The minimum absolute atomic E-state index is 0.0422. The SMILES string of the molecule is O=C(NCC1CCOCC1)C1(Cc2ccccc2F)CCOCC1. The van der Waals surface area contributed by atoms with E-state index in [2.05, 4.69) is 5.32 Å². The van der Waals surface area contributed by atoms with E-state index >= 15 is 0 Å². The summed E-state index contributed by atoms with van der Waals surface area (Å²) < 4.78 is 24.9. The van der Waals surface area contributed by atoms with Crippen molar-refractivity contribution in [1.29, 1.82) is 0 Å². The first-order valence-electron chi connectivity index (χ1n) is 8.87. The molecule has 2 aliphatic rings. The molecule has 1 aromatic rings. The van der Waals surface area contributed by atoms with Crippen LogP contribution in [0.15, 0.2) is 24.3 Å². The van der Waals surface area contributed by atoms with Gasteiger partial charge in [0, 0.05) is 33.0 Å². The lowest BCUT2D eigenvalue weighted by atomic mass is 9.74. The van der Waals surface area contributed by atoms with Crippen LogP contribution in [0.4, 0.5) is 4.39 Å². The van der Waals surface area contributed by atoms with Gasteiger partial charge < -0.3 is 14.8 Å². The zero-order chi connectivity index (χ0) is 16.8. The van der Waals surface area contributed by atoms with E-state index in [0.29, 0.717) is 50.5 Å². The number of hydrogen-bond donors (Lipinski definition) is 1. The fourth-order valence-electron chi connectivity index (χ4n) is 3.63. The van der Waals surface area contributed by atoms with Crippen molar-refractivity contribution in [2.45, 2.75) is 32.1 Å². The van der Waals surface area contributed by atoms with Gasteiger partial charge in [-0.2, -0.15) is 0 Å². The molecular formula is C19H26FNO3. The highest BCUT2D eigenvalue weighted by Gasteiger charge is 2.40. The molecule has 132 valence electrons.